The van der Waals surface area contributed by atoms with Gasteiger partial charge in [0.25, 0.3) is 0 Å². The Morgan fingerprint density at radius 3 is 1.13 bits per heavy atom. The molecule has 5 aromatic carbocycles. The minimum atomic E-state index is -4.78. The summed E-state index contributed by atoms with van der Waals surface area (Å²) in [7, 11) is -9.57. The van der Waals surface area contributed by atoms with E-state index in [2.05, 4.69) is 21.3 Å². The Morgan fingerprint density at radius 2 is 0.788 bits per heavy atom. The third-order valence-electron chi connectivity index (χ3n) is 7.08. The van der Waals surface area contributed by atoms with Crippen LogP contribution in [0.1, 0.15) is 34.6 Å². The van der Waals surface area contributed by atoms with E-state index >= 15 is 0 Å². The fraction of sp³-hybridized carbons (Fsp3) is 0.0556. The Labute approximate surface area is 299 Å². The summed E-state index contributed by atoms with van der Waals surface area (Å²) in [6.45, 7) is 2.84. The highest BCUT2D eigenvalue weighted by Gasteiger charge is 2.30. The van der Waals surface area contributed by atoms with Crippen molar-refractivity contribution in [3.8, 4) is 11.5 Å². The van der Waals surface area contributed by atoms with E-state index in [4.69, 9.17) is 8.37 Å². The molecule has 16 heteroatoms. The lowest BCUT2D eigenvalue weighted by atomic mass is 10.1. The molecule has 52 heavy (non-hydrogen) atoms. The van der Waals surface area contributed by atoms with Gasteiger partial charge in [0.1, 0.15) is 21.3 Å². The van der Waals surface area contributed by atoms with Crippen molar-refractivity contribution in [3.05, 3.63) is 132 Å². The van der Waals surface area contributed by atoms with E-state index in [1.807, 2.05) is 0 Å². The third-order valence-corrected chi connectivity index (χ3v) is 9.82. The summed E-state index contributed by atoms with van der Waals surface area (Å²) < 4.78 is 64.2. The Kier molecular flexibility index (Phi) is 11.0. The molecule has 0 atom stereocenters. The van der Waals surface area contributed by atoms with Crippen LogP contribution in [0.4, 0.5) is 32.3 Å². The van der Waals surface area contributed by atoms with Gasteiger partial charge < -0.3 is 29.6 Å². The predicted molar refractivity (Wildman–Crippen MR) is 193 cm³/mol. The normalized spacial score (nSPS) is 11.1. The minimum absolute atomic E-state index is 0.131. The van der Waals surface area contributed by atoms with Gasteiger partial charge in [-0.25, -0.2) is 9.59 Å². The molecule has 0 saturated heterocycles. The Morgan fingerprint density at radius 1 is 0.442 bits per heavy atom. The molecule has 0 aliphatic heterocycles. The molecular formula is C36H30N4O10S2. The van der Waals surface area contributed by atoms with E-state index in [0.29, 0.717) is 22.5 Å². The Balaban J connectivity index is 1.26. The maximum Gasteiger partial charge on any atom is 0.340 e. The van der Waals surface area contributed by atoms with E-state index in [0.717, 1.165) is 12.1 Å². The molecule has 0 aliphatic rings. The first-order valence-corrected chi connectivity index (χ1v) is 18.1. The largest absolute Gasteiger partial charge is 0.379 e. The smallest absolute Gasteiger partial charge is 0.340 e. The number of urea groups is 2. The Hall–Kier alpha value is -6.52. The van der Waals surface area contributed by atoms with Crippen molar-refractivity contribution >= 4 is 66.6 Å². The molecule has 0 aromatic heterocycles. The van der Waals surface area contributed by atoms with E-state index in [9.17, 15) is 36.0 Å². The number of hydrogen-bond donors (Lipinski definition) is 4. The number of carbonyl (C=O) groups excluding carboxylic acids is 4. The molecule has 4 amide bonds. The van der Waals surface area contributed by atoms with Gasteiger partial charge in [-0.1, -0.05) is 24.3 Å². The van der Waals surface area contributed by atoms with Crippen molar-refractivity contribution in [2.24, 2.45) is 0 Å². The molecular weight excluding hydrogens is 713 g/mol. The molecule has 0 aliphatic carbocycles. The molecule has 0 bridgehead atoms. The van der Waals surface area contributed by atoms with E-state index in [1.165, 1.54) is 74.5 Å². The quantitative estimate of drug-likeness (QED) is 0.0768. The number of carbonyl (C=O) groups is 4. The van der Waals surface area contributed by atoms with Gasteiger partial charge in [0.05, 0.1) is 0 Å². The van der Waals surface area contributed by atoms with Crippen LogP contribution in [0, 0.1) is 0 Å². The van der Waals surface area contributed by atoms with Crippen LogP contribution in [0.3, 0.4) is 0 Å². The summed E-state index contributed by atoms with van der Waals surface area (Å²) in [5.41, 5.74) is 2.06. The summed E-state index contributed by atoms with van der Waals surface area (Å²) in [6.07, 6.45) is 0. The molecule has 0 fully saturated rings. The second-order valence-electron chi connectivity index (χ2n) is 11.0. The molecule has 0 spiro atoms. The van der Waals surface area contributed by atoms with E-state index in [1.54, 1.807) is 48.5 Å². The Bertz CT molecular complexity index is 2210. The number of hydrogen-bond acceptors (Lipinski definition) is 10. The van der Waals surface area contributed by atoms with Crippen molar-refractivity contribution in [3.63, 3.8) is 0 Å². The third kappa shape index (κ3) is 9.58. The highest BCUT2D eigenvalue weighted by molar-refractivity contribution is 7.90. The SMILES string of the molecule is CC(=O)c1ccc(NC(=O)Nc2cccc(OS(=O)(=O)c3ccccc3S(=O)(=O)Oc3cccc(NC(=O)Nc4ccc(C(C)=O)cc4)c3)c2)cc1. The number of rotatable bonds is 12. The fourth-order valence-electron chi connectivity index (χ4n) is 4.62. The zero-order valence-electron chi connectivity index (χ0n) is 27.4. The summed E-state index contributed by atoms with van der Waals surface area (Å²) in [5, 5.41) is 10.3. The zero-order valence-corrected chi connectivity index (χ0v) is 29.1. The molecule has 0 saturated carbocycles. The summed E-state index contributed by atoms with van der Waals surface area (Å²) in [5.74, 6) is -0.728. The summed E-state index contributed by atoms with van der Waals surface area (Å²) in [4.78, 5) is 46.6. The average molecular weight is 743 g/mol. The molecule has 266 valence electrons. The van der Waals surface area contributed by atoms with Gasteiger partial charge in [-0.15, -0.1) is 0 Å². The number of amides is 4. The standard InChI is InChI=1S/C36H30N4O10S2/c1-23(41)25-13-17-27(18-14-25)37-35(43)39-29-7-5-9-31(21-29)49-51(45,46)33-11-3-4-12-34(33)52(47,48)50-32-10-6-8-30(22-32)40-36(44)38-28-19-15-26(16-20-28)24(2)42/h3-22H,1-2H3,(H2,37,39,43)(H2,38,40,44). The zero-order chi connectivity index (χ0) is 37.5. The van der Waals surface area contributed by atoms with Crippen molar-refractivity contribution in [1.82, 2.24) is 0 Å². The predicted octanol–water partition coefficient (Wildman–Crippen LogP) is 6.92. The highest BCUT2D eigenvalue weighted by Crippen LogP contribution is 2.29. The van der Waals surface area contributed by atoms with Gasteiger partial charge in [-0.05, 0) is 98.8 Å². The van der Waals surface area contributed by atoms with Crippen LogP contribution >= 0.6 is 0 Å². The van der Waals surface area contributed by atoms with Crippen molar-refractivity contribution in [1.29, 1.82) is 0 Å². The maximum absolute atomic E-state index is 13.4. The molecule has 0 radical (unpaired) electrons. The molecule has 0 unspecified atom stereocenters. The van der Waals surface area contributed by atoms with E-state index in [-0.39, 0.29) is 34.4 Å². The number of nitrogens with one attached hydrogen (secondary N) is 4. The van der Waals surface area contributed by atoms with Crippen LogP contribution in [0.25, 0.3) is 0 Å². The van der Waals surface area contributed by atoms with Crippen LogP contribution < -0.4 is 29.6 Å². The van der Waals surface area contributed by atoms with Gasteiger partial charge in [-0.3, -0.25) is 9.59 Å². The fourth-order valence-corrected chi connectivity index (χ4v) is 7.25. The second-order valence-corrected chi connectivity index (χ2v) is 14.0. The molecule has 5 aromatic rings. The average Bonchev–Trinajstić information content (AvgIpc) is 3.08. The minimum Gasteiger partial charge on any atom is -0.379 e. The first kappa shape index (κ1) is 36.8. The van der Waals surface area contributed by atoms with Crippen molar-refractivity contribution in [2.75, 3.05) is 21.3 Å². The molecule has 5 rings (SSSR count). The topological polar surface area (TPSA) is 203 Å². The van der Waals surface area contributed by atoms with Crippen LogP contribution in [-0.2, 0) is 20.2 Å². The van der Waals surface area contributed by atoms with Gasteiger partial charge in [0, 0.05) is 46.0 Å². The van der Waals surface area contributed by atoms with Gasteiger partial charge >= 0.3 is 32.3 Å². The van der Waals surface area contributed by atoms with E-state index < -0.39 is 42.1 Å². The highest BCUT2D eigenvalue weighted by atomic mass is 32.2. The number of Topliss-reactive ketones (excluding diaryl/α,β-unsaturated/α-hetero) is 2. The van der Waals surface area contributed by atoms with Crippen molar-refractivity contribution < 1.29 is 44.4 Å². The molecule has 14 nitrogen and oxygen atoms in total. The monoisotopic (exact) mass is 742 g/mol. The van der Waals surface area contributed by atoms with Crippen LogP contribution in [0.2, 0.25) is 0 Å². The number of ketones is 2. The van der Waals surface area contributed by atoms with Crippen LogP contribution in [0.15, 0.2) is 131 Å². The lowest BCUT2D eigenvalue weighted by Crippen LogP contribution is -2.20. The summed E-state index contributed by atoms with van der Waals surface area (Å²) in [6, 6.07) is 26.6. The molecule has 0 heterocycles. The maximum atomic E-state index is 13.4. The lowest BCUT2D eigenvalue weighted by molar-refractivity contribution is 0.100. The van der Waals surface area contributed by atoms with Crippen LogP contribution in [-0.4, -0.2) is 40.5 Å². The molecule has 4 N–H and O–H groups in total. The number of benzene rings is 5. The first-order valence-electron chi connectivity index (χ1n) is 15.2. The second kappa shape index (κ2) is 15.6. The van der Waals surface area contributed by atoms with Gasteiger partial charge in [0.15, 0.2) is 11.6 Å². The first-order chi connectivity index (χ1) is 24.7. The van der Waals surface area contributed by atoms with Crippen molar-refractivity contribution in [2.45, 2.75) is 23.6 Å². The van der Waals surface area contributed by atoms with Gasteiger partial charge in [0.2, 0.25) is 0 Å². The lowest BCUT2D eigenvalue weighted by Gasteiger charge is -2.14. The van der Waals surface area contributed by atoms with Gasteiger partial charge in [-0.2, -0.15) is 16.8 Å². The number of anilines is 4. The summed E-state index contributed by atoms with van der Waals surface area (Å²) >= 11 is 0. The van der Waals surface area contributed by atoms with Crippen LogP contribution in [0.5, 0.6) is 11.5 Å².